The molecule has 11 heteroatoms. The Morgan fingerprint density at radius 2 is 1.74 bits per heavy atom. The van der Waals surface area contributed by atoms with Crippen molar-refractivity contribution < 1.29 is 23.9 Å². The highest BCUT2D eigenvalue weighted by atomic mass is 32.2. The van der Waals surface area contributed by atoms with Crippen LogP contribution in [0.3, 0.4) is 0 Å². The van der Waals surface area contributed by atoms with Gasteiger partial charge in [-0.25, -0.2) is 4.98 Å². The lowest BCUT2D eigenvalue weighted by atomic mass is 10.1. The fraction of sp³-hybridized carbons (Fsp3) is 0.161. The summed E-state index contributed by atoms with van der Waals surface area (Å²) in [5.41, 5.74) is 2.32. The fourth-order valence-electron chi connectivity index (χ4n) is 3.76. The molecule has 0 aliphatic rings. The van der Waals surface area contributed by atoms with Crippen molar-refractivity contribution >= 4 is 57.7 Å². The van der Waals surface area contributed by atoms with Gasteiger partial charge in [-0.15, -0.1) is 23.1 Å². The van der Waals surface area contributed by atoms with Gasteiger partial charge in [0.15, 0.2) is 5.13 Å². The van der Waals surface area contributed by atoms with E-state index >= 15 is 0 Å². The van der Waals surface area contributed by atoms with Crippen molar-refractivity contribution in [3.8, 4) is 11.5 Å². The lowest BCUT2D eigenvalue weighted by Gasteiger charge is -2.14. The third kappa shape index (κ3) is 8.21. The van der Waals surface area contributed by atoms with Gasteiger partial charge in [-0.05, 0) is 62.4 Å². The summed E-state index contributed by atoms with van der Waals surface area (Å²) in [5, 5.41) is 10.4. The van der Waals surface area contributed by atoms with Crippen molar-refractivity contribution in [3.63, 3.8) is 0 Å². The largest absolute Gasteiger partial charge is 0.497 e. The topological polar surface area (TPSA) is 119 Å². The van der Waals surface area contributed by atoms with Crippen LogP contribution >= 0.6 is 23.1 Å². The summed E-state index contributed by atoms with van der Waals surface area (Å²) in [7, 11) is 3.06. The maximum atomic E-state index is 13.5. The number of aryl methyl sites for hydroxylation is 1. The number of amides is 3. The molecule has 9 nitrogen and oxygen atoms in total. The van der Waals surface area contributed by atoms with Crippen LogP contribution in [0.25, 0.3) is 6.08 Å². The normalized spacial score (nSPS) is 11.8. The molecule has 4 rings (SSSR count). The molecule has 0 aliphatic heterocycles. The molecule has 1 aromatic heterocycles. The molecule has 0 saturated carbocycles. The zero-order valence-corrected chi connectivity index (χ0v) is 25.1. The average Bonchev–Trinajstić information content (AvgIpc) is 3.41. The lowest BCUT2D eigenvalue weighted by Crippen LogP contribution is -2.30. The van der Waals surface area contributed by atoms with Crippen molar-refractivity contribution in [3.05, 3.63) is 101 Å². The van der Waals surface area contributed by atoms with Crippen LogP contribution in [-0.2, 0) is 9.59 Å². The Balaban J connectivity index is 1.53. The number of nitrogens with zero attached hydrogens (tertiary/aromatic N) is 1. The molecule has 0 aliphatic carbocycles. The van der Waals surface area contributed by atoms with Gasteiger partial charge in [0.1, 0.15) is 17.2 Å². The van der Waals surface area contributed by atoms with E-state index in [0.29, 0.717) is 33.4 Å². The minimum Gasteiger partial charge on any atom is -0.497 e. The number of carbonyl (C=O) groups is 3. The first-order chi connectivity index (χ1) is 20.2. The molecule has 4 aromatic rings. The average molecular weight is 603 g/mol. The Morgan fingerprint density at radius 1 is 0.952 bits per heavy atom. The second-order valence-electron chi connectivity index (χ2n) is 9.01. The molecular formula is C31H30N4O5S2. The third-order valence-electron chi connectivity index (χ3n) is 5.89. The van der Waals surface area contributed by atoms with Crippen LogP contribution in [0, 0.1) is 6.92 Å². The maximum Gasteiger partial charge on any atom is 0.272 e. The number of anilines is 2. The number of benzene rings is 3. The number of thiazole rings is 1. The van der Waals surface area contributed by atoms with Crippen molar-refractivity contribution in [1.29, 1.82) is 0 Å². The number of ether oxygens (including phenoxy) is 2. The number of methoxy groups -OCH3 is 2. The minimum absolute atomic E-state index is 0.0110. The Kier molecular flexibility index (Phi) is 10.4. The van der Waals surface area contributed by atoms with E-state index in [1.54, 1.807) is 86.8 Å². The second-order valence-corrected chi connectivity index (χ2v) is 11.3. The van der Waals surface area contributed by atoms with Crippen molar-refractivity contribution in [2.24, 2.45) is 0 Å². The molecule has 1 heterocycles. The molecule has 0 bridgehead atoms. The van der Waals surface area contributed by atoms with Crippen molar-refractivity contribution in [2.75, 3.05) is 24.9 Å². The first-order valence-electron chi connectivity index (χ1n) is 12.9. The molecule has 0 fully saturated rings. The number of nitrogens with one attached hydrogen (secondary N) is 3. The third-order valence-corrected chi connectivity index (χ3v) is 7.86. The molecule has 3 amide bonds. The molecule has 0 radical (unpaired) electrons. The summed E-state index contributed by atoms with van der Waals surface area (Å²) in [6.07, 6.45) is 1.54. The van der Waals surface area contributed by atoms with Crippen LogP contribution in [0.2, 0.25) is 0 Å². The molecular weight excluding hydrogens is 572 g/mol. The van der Waals surface area contributed by atoms with E-state index in [-0.39, 0.29) is 11.6 Å². The summed E-state index contributed by atoms with van der Waals surface area (Å²) >= 11 is 2.72. The smallest absolute Gasteiger partial charge is 0.272 e. The van der Waals surface area contributed by atoms with Gasteiger partial charge in [0, 0.05) is 33.2 Å². The Bertz CT molecular complexity index is 1600. The number of hydrogen-bond donors (Lipinski definition) is 3. The van der Waals surface area contributed by atoms with Crippen LogP contribution in [0.1, 0.15) is 28.5 Å². The molecule has 42 heavy (non-hydrogen) atoms. The van der Waals surface area contributed by atoms with Gasteiger partial charge in [0.05, 0.1) is 25.2 Å². The molecule has 216 valence electrons. The van der Waals surface area contributed by atoms with E-state index in [0.717, 1.165) is 10.6 Å². The number of aromatic nitrogens is 1. The fourth-order valence-corrected chi connectivity index (χ4v) is 5.37. The number of thioether (sulfide) groups is 1. The van der Waals surface area contributed by atoms with E-state index in [1.165, 1.54) is 30.2 Å². The Morgan fingerprint density at radius 3 is 2.43 bits per heavy atom. The van der Waals surface area contributed by atoms with E-state index in [9.17, 15) is 14.4 Å². The number of carbonyl (C=O) groups excluding carboxylic acids is 3. The van der Waals surface area contributed by atoms with Gasteiger partial charge < -0.3 is 25.4 Å². The zero-order chi connectivity index (χ0) is 30.1. The molecule has 1 atom stereocenters. The highest BCUT2D eigenvalue weighted by molar-refractivity contribution is 8.00. The van der Waals surface area contributed by atoms with Gasteiger partial charge in [-0.3, -0.25) is 14.4 Å². The van der Waals surface area contributed by atoms with Crippen molar-refractivity contribution in [2.45, 2.75) is 24.0 Å². The van der Waals surface area contributed by atoms with Crippen LogP contribution in [0.15, 0.2) is 88.8 Å². The quantitative estimate of drug-likeness (QED) is 0.142. The predicted octanol–water partition coefficient (Wildman–Crippen LogP) is 6.00. The van der Waals surface area contributed by atoms with E-state index in [1.807, 2.05) is 18.4 Å². The monoisotopic (exact) mass is 602 g/mol. The predicted molar refractivity (Wildman–Crippen MR) is 167 cm³/mol. The van der Waals surface area contributed by atoms with E-state index < -0.39 is 17.1 Å². The van der Waals surface area contributed by atoms with Crippen molar-refractivity contribution in [1.82, 2.24) is 10.3 Å². The second kappa shape index (κ2) is 14.3. The summed E-state index contributed by atoms with van der Waals surface area (Å²) in [6.45, 7) is 3.67. The minimum atomic E-state index is -0.538. The first-order valence-corrected chi connectivity index (χ1v) is 14.6. The van der Waals surface area contributed by atoms with Gasteiger partial charge in [-0.2, -0.15) is 0 Å². The van der Waals surface area contributed by atoms with Gasteiger partial charge >= 0.3 is 0 Å². The van der Waals surface area contributed by atoms with Crippen LogP contribution < -0.4 is 25.4 Å². The van der Waals surface area contributed by atoms with Gasteiger partial charge in [0.2, 0.25) is 5.91 Å². The maximum absolute atomic E-state index is 13.5. The SMILES string of the molecule is COc1ccc(/C=C(/NC(=O)c2ccccc2)C(=O)Nc2cccc(SC(C)C(=O)Nc3nc(C)cs3)c2)c(OC)c1. The van der Waals surface area contributed by atoms with Gasteiger partial charge in [0.25, 0.3) is 11.8 Å². The summed E-state index contributed by atoms with van der Waals surface area (Å²) in [5.74, 6) is -0.103. The number of hydrogen-bond acceptors (Lipinski definition) is 8. The molecule has 1 unspecified atom stereocenters. The Labute approximate surface area is 252 Å². The standard InChI is InChI=1S/C31H30N4O5S2/c1-19-18-41-31(32-19)35-28(36)20(2)42-25-12-8-11-23(16-25)33-30(38)26(34-29(37)21-9-6-5-7-10-21)15-22-13-14-24(39-3)17-27(22)40-4/h5-18,20H,1-4H3,(H,33,38)(H,34,37)(H,32,35,36)/b26-15+. The molecule has 0 spiro atoms. The van der Waals surface area contributed by atoms with Crippen LogP contribution in [0.4, 0.5) is 10.8 Å². The van der Waals surface area contributed by atoms with Crippen LogP contribution in [0.5, 0.6) is 11.5 Å². The first kappa shape index (κ1) is 30.4. The summed E-state index contributed by atoms with van der Waals surface area (Å²) < 4.78 is 10.7. The Hall–Kier alpha value is -4.61. The lowest BCUT2D eigenvalue weighted by molar-refractivity contribution is -0.115. The van der Waals surface area contributed by atoms with Crippen LogP contribution in [-0.4, -0.2) is 42.2 Å². The molecule has 3 aromatic carbocycles. The highest BCUT2D eigenvalue weighted by Gasteiger charge is 2.19. The molecule has 3 N–H and O–H groups in total. The van der Waals surface area contributed by atoms with Gasteiger partial charge in [-0.1, -0.05) is 24.3 Å². The van der Waals surface area contributed by atoms with E-state index in [4.69, 9.17) is 9.47 Å². The zero-order valence-electron chi connectivity index (χ0n) is 23.5. The van der Waals surface area contributed by atoms with E-state index in [2.05, 4.69) is 20.9 Å². The number of rotatable bonds is 11. The highest BCUT2D eigenvalue weighted by Crippen LogP contribution is 2.29. The molecule has 0 saturated heterocycles. The summed E-state index contributed by atoms with van der Waals surface area (Å²) in [4.78, 5) is 44.2. The summed E-state index contributed by atoms with van der Waals surface area (Å²) in [6, 6.07) is 20.9.